The Labute approximate surface area is 165 Å². The molecule has 3 aromatic rings. The monoisotopic (exact) mass is 424 g/mol. The molecule has 27 heavy (non-hydrogen) atoms. The largest absolute Gasteiger partial charge is 0.488 e. The van der Waals surface area contributed by atoms with E-state index in [2.05, 4.69) is 15.9 Å². The Bertz CT molecular complexity index is 1040. The molecule has 0 bridgehead atoms. The summed E-state index contributed by atoms with van der Waals surface area (Å²) in [4.78, 5) is 12.6. The summed E-state index contributed by atoms with van der Waals surface area (Å²) >= 11 is 3.42. The number of Topliss-reactive ketones (excluding diaryl/α,β-unsaturated/α-hetero) is 1. The molecule has 0 saturated carbocycles. The first-order valence-corrected chi connectivity index (χ1v) is 9.32. The molecule has 0 radical (unpaired) electrons. The molecule has 0 spiro atoms. The summed E-state index contributed by atoms with van der Waals surface area (Å²) in [7, 11) is 0. The van der Waals surface area contributed by atoms with Gasteiger partial charge < -0.3 is 13.9 Å². The Morgan fingerprint density at radius 3 is 2.52 bits per heavy atom. The zero-order chi connectivity index (χ0) is 19.0. The SMILES string of the molecule is Cc1ccc(/C=C2\Oc3c(ccc(OCc4ccc(Br)cc4)c3C)C2=O)o1. The predicted molar refractivity (Wildman–Crippen MR) is 106 cm³/mol. The molecule has 0 N–H and O–H groups in total. The zero-order valence-corrected chi connectivity index (χ0v) is 16.5. The average molecular weight is 425 g/mol. The van der Waals surface area contributed by atoms with Gasteiger partial charge in [0.05, 0.1) is 5.56 Å². The number of ether oxygens (including phenoxy) is 2. The number of fused-ring (bicyclic) bond motifs is 1. The number of allylic oxidation sites excluding steroid dienone is 1. The van der Waals surface area contributed by atoms with Crippen LogP contribution in [0.25, 0.3) is 6.08 Å². The van der Waals surface area contributed by atoms with Crippen molar-refractivity contribution in [2.24, 2.45) is 0 Å². The maximum atomic E-state index is 12.6. The number of rotatable bonds is 4. The van der Waals surface area contributed by atoms with Gasteiger partial charge in [0.1, 0.15) is 29.6 Å². The second-order valence-electron chi connectivity index (χ2n) is 6.37. The first-order chi connectivity index (χ1) is 13.0. The molecule has 2 heterocycles. The minimum Gasteiger partial charge on any atom is -0.488 e. The first-order valence-electron chi connectivity index (χ1n) is 8.53. The topological polar surface area (TPSA) is 48.7 Å². The van der Waals surface area contributed by atoms with Crippen LogP contribution in [0.3, 0.4) is 0 Å². The Balaban J connectivity index is 1.56. The predicted octanol–water partition coefficient (Wildman–Crippen LogP) is 5.85. The van der Waals surface area contributed by atoms with Crippen LogP contribution in [0.4, 0.5) is 0 Å². The van der Waals surface area contributed by atoms with Crippen molar-refractivity contribution in [3.8, 4) is 11.5 Å². The van der Waals surface area contributed by atoms with Crippen molar-refractivity contribution >= 4 is 27.8 Å². The van der Waals surface area contributed by atoms with Gasteiger partial charge in [-0.05, 0) is 55.8 Å². The van der Waals surface area contributed by atoms with Crippen LogP contribution in [-0.2, 0) is 6.61 Å². The Kier molecular flexibility index (Phi) is 4.62. The molecule has 4 nitrogen and oxygen atoms in total. The normalized spacial score (nSPS) is 14.3. The molecular formula is C22H17BrO4. The third-order valence-electron chi connectivity index (χ3n) is 4.38. The number of carbonyl (C=O) groups excluding carboxylic acids is 1. The van der Waals surface area contributed by atoms with Gasteiger partial charge in [-0.2, -0.15) is 0 Å². The van der Waals surface area contributed by atoms with Crippen molar-refractivity contribution in [3.63, 3.8) is 0 Å². The molecule has 0 amide bonds. The maximum absolute atomic E-state index is 12.6. The van der Waals surface area contributed by atoms with Gasteiger partial charge in [0.25, 0.3) is 0 Å². The fraction of sp³-hybridized carbons (Fsp3) is 0.136. The summed E-state index contributed by atoms with van der Waals surface area (Å²) in [5, 5.41) is 0. The molecular weight excluding hydrogens is 408 g/mol. The van der Waals surface area contributed by atoms with E-state index in [1.807, 2.05) is 56.3 Å². The molecule has 0 atom stereocenters. The zero-order valence-electron chi connectivity index (χ0n) is 14.9. The van der Waals surface area contributed by atoms with Gasteiger partial charge in [-0.3, -0.25) is 4.79 Å². The molecule has 0 aliphatic carbocycles. The van der Waals surface area contributed by atoms with Gasteiger partial charge in [0.15, 0.2) is 5.76 Å². The van der Waals surface area contributed by atoms with Crippen LogP contribution >= 0.6 is 15.9 Å². The third-order valence-corrected chi connectivity index (χ3v) is 4.91. The highest BCUT2D eigenvalue weighted by atomic mass is 79.9. The Morgan fingerprint density at radius 1 is 1.04 bits per heavy atom. The lowest BCUT2D eigenvalue weighted by molar-refractivity contribution is 0.101. The highest BCUT2D eigenvalue weighted by Crippen LogP contribution is 2.39. The van der Waals surface area contributed by atoms with E-state index in [-0.39, 0.29) is 11.5 Å². The van der Waals surface area contributed by atoms with Crippen molar-refractivity contribution < 1.29 is 18.7 Å². The lowest BCUT2D eigenvalue weighted by atomic mass is 10.1. The minimum atomic E-state index is -0.151. The van der Waals surface area contributed by atoms with Gasteiger partial charge in [-0.1, -0.05) is 28.1 Å². The van der Waals surface area contributed by atoms with E-state index in [9.17, 15) is 4.79 Å². The summed E-state index contributed by atoms with van der Waals surface area (Å²) in [5.74, 6) is 2.72. The van der Waals surface area contributed by atoms with E-state index in [0.29, 0.717) is 29.4 Å². The molecule has 136 valence electrons. The van der Waals surface area contributed by atoms with Gasteiger partial charge in [-0.15, -0.1) is 0 Å². The van der Waals surface area contributed by atoms with Crippen LogP contribution in [0.1, 0.15) is 33.0 Å². The highest BCUT2D eigenvalue weighted by molar-refractivity contribution is 9.10. The number of ketones is 1. The van der Waals surface area contributed by atoms with Gasteiger partial charge in [-0.25, -0.2) is 0 Å². The second kappa shape index (κ2) is 7.08. The molecule has 0 unspecified atom stereocenters. The number of hydrogen-bond donors (Lipinski definition) is 0. The minimum absolute atomic E-state index is 0.151. The van der Waals surface area contributed by atoms with Gasteiger partial charge in [0.2, 0.25) is 5.78 Å². The van der Waals surface area contributed by atoms with E-state index in [1.54, 1.807) is 12.1 Å². The Morgan fingerprint density at radius 2 is 1.81 bits per heavy atom. The first kappa shape index (κ1) is 17.6. The van der Waals surface area contributed by atoms with Crippen LogP contribution < -0.4 is 9.47 Å². The van der Waals surface area contributed by atoms with E-state index in [1.165, 1.54) is 0 Å². The van der Waals surface area contributed by atoms with E-state index in [0.717, 1.165) is 21.4 Å². The fourth-order valence-corrected chi connectivity index (χ4v) is 3.19. The van der Waals surface area contributed by atoms with Crippen molar-refractivity contribution in [1.29, 1.82) is 0 Å². The highest BCUT2D eigenvalue weighted by Gasteiger charge is 2.30. The summed E-state index contributed by atoms with van der Waals surface area (Å²) in [6.07, 6.45) is 1.62. The van der Waals surface area contributed by atoms with Gasteiger partial charge in [0, 0.05) is 16.1 Å². The molecule has 1 aromatic heterocycles. The molecule has 1 aliphatic rings. The Hall–Kier alpha value is -2.79. The molecule has 2 aromatic carbocycles. The number of furan rings is 1. The van der Waals surface area contributed by atoms with Crippen molar-refractivity contribution in [3.05, 3.63) is 87.0 Å². The smallest absolute Gasteiger partial charge is 0.232 e. The van der Waals surface area contributed by atoms with E-state index < -0.39 is 0 Å². The molecule has 5 heteroatoms. The molecule has 4 rings (SSSR count). The van der Waals surface area contributed by atoms with Gasteiger partial charge >= 0.3 is 0 Å². The number of hydrogen-bond acceptors (Lipinski definition) is 4. The fourth-order valence-electron chi connectivity index (χ4n) is 2.93. The molecule has 0 saturated heterocycles. The summed E-state index contributed by atoms with van der Waals surface area (Å²) in [6.45, 7) is 4.19. The van der Waals surface area contributed by atoms with Crippen LogP contribution in [0.15, 0.2) is 63.2 Å². The summed E-state index contributed by atoms with van der Waals surface area (Å²) in [6, 6.07) is 15.2. The quantitative estimate of drug-likeness (QED) is 0.492. The van der Waals surface area contributed by atoms with Crippen LogP contribution in [0, 0.1) is 13.8 Å². The number of aryl methyl sites for hydroxylation is 1. The lowest BCUT2D eigenvalue weighted by Gasteiger charge is -2.11. The number of halogens is 1. The van der Waals surface area contributed by atoms with Crippen LogP contribution in [0.2, 0.25) is 0 Å². The lowest BCUT2D eigenvalue weighted by Crippen LogP contribution is -1.98. The second-order valence-corrected chi connectivity index (χ2v) is 7.28. The van der Waals surface area contributed by atoms with Crippen LogP contribution in [0.5, 0.6) is 11.5 Å². The van der Waals surface area contributed by atoms with Crippen molar-refractivity contribution in [2.75, 3.05) is 0 Å². The van der Waals surface area contributed by atoms with Crippen LogP contribution in [-0.4, -0.2) is 5.78 Å². The van der Waals surface area contributed by atoms with Crippen molar-refractivity contribution in [2.45, 2.75) is 20.5 Å². The summed E-state index contributed by atoms with van der Waals surface area (Å²) in [5.41, 5.74) is 2.40. The summed E-state index contributed by atoms with van der Waals surface area (Å²) < 4.78 is 18.3. The number of benzene rings is 2. The molecule has 0 fully saturated rings. The standard InChI is InChI=1S/C22H17BrO4/c1-13-3-8-17(26-13)11-20-21(24)18-9-10-19(14(2)22(18)27-20)25-12-15-4-6-16(23)7-5-15/h3-11H,12H2,1-2H3/b20-11-. The number of carbonyl (C=O) groups is 1. The third kappa shape index (κ3) is 3.55. The molecule has 1 aliphatic heterocycles. The van der Waals surface area contributed by atoms with Crippen molar-refractivity contribution in [1.82, 2.24) is 0 Å². The maximum Gasteiger partial charge on any atom is 0.232 e. The van der Waals surface area contributed by atoms with E-state index >= 15 is 0 Å². The average Bonchev–Trinajstić information content (AvgIpc) is 3.20. The van der Waals surface area contributed by atoms with E-state index in [4.69, 9.17) is 13.9 Å².